The van der Waals surface area contributed by atoms with Gasteiger partial charge >= 0.3 is 0 Å². The molecular formula is C88H118N8O2+4. The van der Waals surface area contributed by atoms with Crippen molar-refractivity contribution in [1.29, 1.82) is 0 Å². The van der Waals surface area contributed by atoms with Crippen molar-refractivity contribution in [3.8, 4) is 67.8 Å². The highest BCUT2D eigenvalue weighted by atomic mass is 16.5. The summed E-state index contributed by atoms with van der Waals surface area (Å²) in [4.78, 5) is 0. The molecule has 0 N–H and O–H groups in total. The van der Waals surface area contributed by atoms with E-state index in [4.69, 9.17) is 9.47 Å². The number of aromatic nitrogens is 8. The molecule has 0 fully saturated rings. The van der Waals surface area contributed by atoms with E-state index in [0.29, 0.717) is 13.2 Å². The molecule has 0 saturated carbocycles. The van der Waals surface area contributed by atoms with Crippen LogP contribution in [0.4, 0.5) is 0 Å². The Bertz CT molecular complexity index is 4070. The third-order valence-electron chi connectivity index (χ3n) is 20.5. The summed E-state index contributed by atoms with van der Waals surface area (Å²) in [6.07, 6.45) is 22.6. The van der Waals surface area contributed by atoms with E-state index in [1.807, 2.05) is 0 Å². The van der Waals surface area contributed by atoms with Gasteiger partial charge in [0.2, 0.25) is 0 Å². The van der Waals surface area contributed by atoms with Crippen molar-refractivity contribution >= 4 is 44.1 Å². The van der Waals surface area contributed by atoms with Gasteiger partial charge < -0.3 is 9.47 Å². The average Bonchev–Trinajstić information content (AvgIpc) is 1.60. The van der Waals surface area contributed by atoms with Crippen LogP contribution in [0.2, 0.25) is 0 Å². The van der Waals surface area contributed by atoms with E-state index >= 15 is 0 Å². The third-order valence-corrected chi connectivity index (χ3v) is 20.5. The van der Waals surface area contributed by atoms with Gasteiger partial charge in [0, 0.05) is 13.2 Å². The molecule has 0 unspecified atom stereocenters. The van der Waals surface area contributed by atoms with E-state index < -0.39 is 0 Å². The summed E-state index contributed by atoms with van der Waals surface area (Å²) in [6.45, 7) is 33.8. The largest absolute Gasteiger partial charge is 0.377 e. The molecule has 11 rings (SSSR count). The molecule has 0 saturated heterocycles. The summed E-state index contributed by atoms with van der Waals surface area (Å²) in [7, 11) is 0. The maximum atomic E-state index is 6.05. The second-order valence-electron chi connectivity index (χ2n) is 27.9. The number of unbranched alkanes of at least 4 members (excludes halogenated alkanes) is 10. The number of imidazole rings is 4. The molecule has 4 heterocycles. The lowest BCUT2D eigenvalue weighted by atomic mass is 10.0. The molecule has 0 spiro atoms. The first kappa shape index (κ1) is 71.6. The Hall–Kier alpha value is -7.66. The molecule has 10 heteroatoms. The first-order valence-corrected chi connectivity index (χ1v) is 39.0. The van der Waals surface area contributed by atoms with Crippen LogP contribution in [0.25, 0.3) is 112 Å². The van der Waals surface area contributed by atoms with Gasteiger partial charge in [-0.05, 0) is 219 Å². The fourth-order valence-corrected chi connectivity index (χ4v) is 14.8. The predicted octanol–water partition coefficient (Wildman–Crippen LogP) is 21.7. The smallest absolute Gasteiger partial charge is 0.289 e. The molecule has 0 aliphatic heterocycles. The second-order valence-corrected chi connectivity index (χ2v) is 27.9. The Morgan fingerprint density at radius 1 is 0.245 bits per heavy atom. The Kier molecular flexibility index (Phi) is 25.9. The third kappa shape index (κ3) is 15.8. The molecule has 0 aliphatic rings. The van der Waals surface area contributed by atoms with Gasteiger partial charge in [0.1, 0.15) is 0 Å². The van der Waals surface area contributed by atoms with Crippen molar-refractivity contribution in [1.82, 2.24) is 18.3 Å². The Labute approximate surface area is 587 Å². The zero-order chi connectivity index (χ0) is 68.3. The molecule has 0 bridgehead atoms. The molecular weight excluding hydrogens is 1200 g/mol. The molecule has 518 valence electrons. The average molecular weight is 1320 g/mol. The van der Waals surface area contributed by atoms with Crippen LogP contribution in [-0.2, 0) is 75.0 Å². The highest BCUT2D eigenvalue weighted by Crippen LogP contribution is 2.37. The molecule has 0 amide bonds. The van der Waals surface area contributed by atoms with Crippen LogP contribution in [0.3, 0.4) is 0 Å². The highest BCUT2D eigenvalue weighted by molar-refractivity contribution is 5.89. The van der Waals surface area contributed by atoms with E-state index in [-0.39, 0.29) is 0 Å². The normalized spacial score (nSPS) is 11.9. The van der Waals surface area contributed by atoms with Crippen LogP contribution < -0.4 is 18.3 Å². The van der Waals surface area contributed by atoms with Gasteiger partial charge in [-0.25, -0.2) is 36.5 Å². The highest BCUT2D eigenvalue weighted by Gasteiger charge is 2.33. The number of rotatable bonds is 40. The quantitative estimate of drug-likeness (QED) is 0.0284. The van der Waals surface area contributed by atoms with E-state index in [0.717, 1.165) is 194 Å². The minimum atomic E-state index is 0.660. The Morgan fingerprint density at radius 2 is 0.459 bits per heavy atom. The van der Waals surface area contributed by atoms with Crippen molar-refractivity contribution in [2.24, 2.45) is 0 Å². The van der Waals surface area contributed by atoms with Crippen molar-refractivity contribution in [3.05, 3.63) is 157 Å². The number of nitrogens with zero attached hydrogens (tertiary/aromatic N) is 8. The standard InChI is InChI=1S/C88H118N8O2/c1-11-21-51-89-77-47-43-73(61-81(77)93(55-25-15-5)85(89)69-35-31-67(32-36-69)65-97-59-29-19-9)75-45-49-79-83(63-75)95(57-27-17-7)87(91(79)53-23-13-3)71-39-41-72(42-40-71)88-92(54-24-14-4)80-50-46-76(64-84(80)96(88)58-28-18-8)74-44-48-78-82(62-74)94(56-26-16-6)86(90(78)52-22-12-2)70-37-33-68(34-38-70)66-98-60-30-20-10/h31-50,61-64H,11-30,51-60,65-66H2,1-10H3/q+4. The molecule has 10 nitrogen and oxygen atoms in total. The van der Waals surface area contributed by atoms with Gasteiger partial charge in [0.25, 0.3) is 23.3 Å². The SMILES string of the molecule is CCCCOCc1ccc(-c2n(CCCC)c3cc(-c4ccc5c(c4)n(CCCC)c(-c4ccc(-c6n(CCCC)c7cc(-c8ccc9c(c8)n(CCCC)c(-c8ccc(COCCCC)cc8)[n+]9CCCC)ccc7[n+]6CCCC)cc4)[n+]5CCCC)ccc3[n+]2CCCC)cc1. The molecule has 7 aromatic carbocycles. The number of benzene rings is 7. The lowest BCUT2D eigenvalue weighted by Crippen LogP contribution is -2.36. The van der Waals surface area contributed by atoms with Crippen molar-refractivity contribution < 1.29 is 27.7 Å². The van der Waals surface area contributed by atoms with Gasteiger partial charge in [0.15, 0.2) is 44.1 Å². The van der Waals surface area contributed by atoms with Gasteiger partial charge in [0.05, 0.1) is 87.8 Å². The van der Waals surface area contributed by atoms with Crippen molar-refractivity contribution in [2.75, 3.05) is 13.2 Å². The lowest BCUT2D eigenvalue weighted by Gasteiger charge is -2.08. The molecule has 0 aliphatic carbocycles. The second kappa shape index (κ2) is 35.4. The van der Waals surface area contributed by atoms with Crippen LogP contribution in [0.1, 0.15) is 209 Å². The fraction of sp³-hybridized carbons (Fsp3) is 0.477. The van der Waals surface area contributed by atoms with Crippen molar-refractivity contribution in [3.63, 3.8) is 0 Å². The van der Waals surface area contributed by atoms with Crippen molar-refractivity contribution in [2.45, 2.75) is 263 Å². The molecule has 4 aromatic heterocycles. The summed E-state index contributed by atoms with van der Waals surface area (Å²) in [5.74, 6) is 5.25. The fourth-order valence-electron chi connectivity index (χ4n) is 14.8. The van der Waals surface area contributed by atoms with Crippen LogP contribution in [0.15, 0.2) is 146 Å². The first-order valence-electron chi connectivity index (χ1n) is 39.0. The Morgan fingerprint density at radius 3 is 0.684 bits per heavy atom. The van der Waals surface area contributed by atoms with E-state index in [1.54, 1.807) is 0 Å². The van der Waals surface area contributed by atoms with Crippen LogP contribution in [0, 0.1) is 0 Å². The van der Waals surface area contributed by atoms with Gasteiger partial charge in [-0.1, -0.05) is 158 Å². The first-order chi connectivity index (χ1) is 48.3. The molecule has 11 aromatic rings. The number of aryl methyl sites for hydroxylation is 8. The minimum Gasteiger partial charge on any atom is -0.377 e. The predicted molar refractivity (Wildman–Crippen MR) is 410 cm³/mol. The zero-order valence-corrected chi connectivity index (χ0v) is 61.9. The molecule has 0 radical (unpaired) electrons. The monoisotopic (exact) mass is 1320 g/mol. The van der Waals surface area contributed by atoms with Gasteiger partial charge in [-0.3, -0.25) is 0 Å². The van der Waals surface area contributed by atoms with E-state index in [1.165, 1.54) is 123 Å². The Balaban J connectivity index is 0.989. The van der Waals surface area contributed by atoms with E-state index in [2.05, 4.69) is 251 Å². The van der Waals surface area contributed by atoms with Crippen LogP contribution in [-0.4, -0.2) is 31.5 Å². The summed E-state index contributed by atoms with van der Waals surface area (Å²) in [6, 6.07) is 57.6. The number of hydrogen-bond acceptors (Lipinski definition) is 2. The van der Waals surface area contributed by atoms with E-state index in [9.17, 15) is 0 Å². The summed E-state index contributed by atoms with van der Waals surface area (Å²) in [5, 5.41) is 0. The maximum absolute atomic E-state index is 6.05. The lowest BCUT2D eigenvalue weighted by molar-refractivity contribution is -0.661. The van der Waals surface area contributed by atoms with Gasteiger partial charge in [-0.2, -0.15) is 0 Å². The number of ether oxygens (including phenoxy) is 2. The minimum absolute atomic E-state index is 0.660. The topological polar surface area (TPSA) is 53.7 Å². The summed E-state index contributed by atoms with van der Waals surface area (Å²) in [5.41, 5.74) is 23.2. The van der Waals surface area contributed by atoms with Crippen LogP contribution >= 0.6 is 0 Å². The van der Waals surface area contributed by atoms with Crippen LogP contribution in [0.5, 0.6) is 0 Å². The summed E-state index contributed by atoms with van der Waals surface area (Å²) < 4.78 is 33.3. The van der Waals surface area contributed by atoms with Gasteiger partial charge in [-0.15, -0.1) is 0 Å². The molecule has 0 atom stereocenters. The number of hydrogen-bond donors (Lipinski definition) is 0. The molecule has 98 heavy (non-hydrogen) atoms. The zero-order valence-electron chi connectivity index (χ0n) is 61.9. The maximum Gasteiger partial charge on any atom is 0.289 e. The summed E-state index contributed by atoms with van der Waals surface area (Å²) >= 11 is 0. The number of fused-ring (bicyclic) bond motifs is 4.